The van der Waals surface area contributed by atoms with Crippen molar-refractivity contribution in [2.24, 2.45) is 0 Å². The summed E-state index contributed by atoms with van der Waals surface area (Å²) in [6.07, 6.45) is 0. The van der Waals surface area contributed by atoms with Crippen molar-refractivity contribution >= 4 is 46.6 Å². The number of aryl methyl sites for hydroxylation is 2. The molecule has 8 heteroatoms. The van der Waals surface area contributed by atoms with Gasteiger partial charge in [-0.3, -0.25) is 4.79 Å². The van der Waals surface area contributed by atoms with Crippen LogP contribution in [0.25, 0.3) is 0 Å². The molecule has 5 nitrogen and oxygen atoms in total. The van der Waals surface area contributed by atoms with Gasteiger partial charge < -0.3 is 5.32 Å². The zero-order chi connectivity index (χ0) is 18.7. The van der Waals surface area contributed by atoms with Crippen molar-refractivity contribution in [3.8, 4) is 0 Å². The van der Waals surface area contributed by atoms with E-state index in [1.807, 2.05) is 32.0 Å². The number of aromatic nitrogens is 3. The number of rotatable bonds is 4. The molecule has 0 aliphatic heterocycles. The summed E-state index contributed by atoms with van der Waals surface area (Å²) in [6, 6.07) is 12.3. The molecule has 2 aromatic heterocycles. The minimum absolute atomic E-state index is 0.0845. The fourth-order valence-corrected chi connectivity index (χ4v) is 3.42. The van der Waals surface area contributed by atoms with E-state index in [-0.39, 0.29) is 15.9 Å². The summed E-state index contributed by atoms with van der Waals surface area (Å²) in [7, 11) is 0. The lowest BCUT2D eigenvalue weighted by Crippen LogP contribution is -2.14. The number of benzene rings is 1. The van der Waals surface area contributed by atoms with Gasteiger partial charge in [0.2, 0.25) is 0 Å². The molecule has 0 unspecified atom stereocenters. The first-order valence-corrected chi connectivity index (χ1v) is 9.21. The minimum atomic E-state index is -0.421. The Morgan fingerprint density at radius 2 is 1.62 bits per heavy atom. The van der Waals surface area contributed by atoms with E-state index in [4.69, 9.17) is 23.2 Å². The predicted octanol–water partition coefficient (Wildman–Crippen LogP) is 5.20. The standard InChI is InChI=1S/C18H14Cl2N4OS/c1-10-9-11(2)22-18(21-10)26-13-5-3-12(4-6-13)23-17(25)16-14(19)7-8-15(20)24-16/h3-9H,1-2H3,(H,23,25). The normalized spacial score (nSPS) is 10.6. The molecule has 132 valence electrons. The molecule has 0 atom stereocenters. The van der Waals surface area contributed by atoms with Crippen molar-refractivity contribution in [2.45, 2.75) is 23.9 Å². The van der Waals surface area contributed by atoms with Gasteiger partial charge in [-0.25, -0.2) is 15.0 Å². The smallest absolute Gasteiger partial charge is 0.275 e. The van der Waals surface area contributed by atoms with E-state index in [1.165, 1.54) is 23.9 Å². The number of nitrogens with zero attached hydrogens (tertiary/aromatic N) is 3. The van der Waals surface area contributed by atoms with Gasteiger partial charge in [0, 0.05) is 22.0 Å². The molecule has 0 aliphatic rings. The third kappa shape index (κ3) is 4.72. The van der Waals surface area contributed by atoms with Crippen LogP contribution in [0.3, 0.4) is 0 Å². The van der Waals surface area contributed by atoms with Gasteiger partial charge >= 0.3 is 0 Å². The molecule has 0 aliphatic carbocycles. The maximum Gasteiger partial charge on any atom is 0.275 e. The Morgan fingerprint density at radius 1 is 0.962 bits per heavy atom. The minimum Gasteiger partial charge on any atom is -0.321 e. The summed E-state index contributed by atoms with van der Waals surface area (Å²) in [5, 5.41) is 3.89. The van der Waals surface area contributed by atoms with Crippen molar-refractivity contribution in [1.29, 1.82) is 0 Å². The van der Waals surface area contributed by atoms with Crippen LogP contribution in [0, 0.1) is 13.8 Å². The zero-order valence-electron chi connectivity index (χ0n) is 14.0. The zero-order valence-corrected chi connectivity index (χ0v) is 16.3. The van der Waals surface area contributed by atoms with Crippen LogP contribution in [-0.4, -0.2) is 20.9 Å². The second-order valence-electron chi connectivity index (χ2n) is 5.48. The van der Waals surface area contributed by atoms with E-state index < -0.39 is 5.91 Å². The molecule has 26 heavy (non-hydrogen) atoms. The van der Waals surface area contributed by atoms with Gasteiger partial charge in [0.15, 0.2) is 5.16 Å². The number of carbonyl (C=O) groups is 1. The number of pyridine rings is 1. The number of nitrogens with one attached hydrogen (secondary N) is 1. The number of hydrogen-bond acceptors (Lipinski definition) is 5. The number of amides is 1. The van der Waals surface area contributed by atoms with Crippen LogP contribution in [0.4, 0.5) is 5.69 Å². The average Bonchev–Trinajstić information content (AvgIpc) is 2.58. The lowest BCUT2D eigenvalue weighted by Gasteiger charge is -2.07. The van der Waals surface area contributed by atoms with Crippen molar-refractivity contribution in [2.75, 3.05) is 5.32 Å². The second-order valence-corrected chi connectivity index (χ2v) is 7.31. The number of anilines is 1. The Balaban J connectivity index is 1.71. The van der Waals surface area contributed by atoms with Crippen molar-refractivity contribution in [1.82, 2.24) is 15.0 Å². The van der Waals surface area contributed by atoms with Crippen LogP contribution in [0.15, 0.2) is 52.5 Å². The first-order chi connectivity index (χ1) is 12.4. The number of hydrogen-bond donors (Lipinski definition) is 1. The molecule has 1 aromatic carbocycles. The lowest BCUT2D eigenvalue weighted by molar-refractivity contribution is 0.102. The molecule has 3 aromatic rings. The Hall–Kier alpha value is -2.15. The summed E-state index contributed by atoms with van der Waals surface area (Å²) in [6.45, 7) is 3.87. The van der Waals surface area contributed by atoms with Gasteiger partial charge in [0.1, 0.15) is 10.8 Å². The number of halogens is 2. The molecule has 0 saturated heterocycles. The molecule has 3 rings (SSSR count). The summed E-state index contributed by atoms with van der Waals surface area (Å²) in [5.41, 5.74) is 2.56. The first kappa shape index (κ1) is 18.6. The van der Waals surface area contributed by atoms with Crippen LogP contribution >= 0.6 is 35.0 Å². The molecule has 0 spiro atoms. The summed E-state index contributed by atoms with van der Waals surface area (Å²) in [5.74, 6) is -0.421. The van der Waals surface area contributed by atoms with Gasteiger partial charge in [-0.05, 0) is 68.1 Å². The monoisotopic (exact) mass is 404 g/mol. The first-order valence-electron chi connectivity index (χ1n) is 7.64. The van der Waals surface area contributed by atoms with Crippen LogP contribution in [-0.2, 0) is 0 Å². The predicted molar refractivity (Wildman–Crippen MR) is 104 cm³/mol. The number of carbonyl (C=O) groups excluding carboxylic acids is 1. The Morgan fingerprint density at radius 3 is 2.27 bits per heavy atom. The van der Waals surface area contributed by atoms with Gasteiger partial charge in [0.25, 0.3) is 5.91 Å². The van der Waals surface area contributed by atoms with Crippen molar-refractivity contribution in [3.05, 3.63) is 69.7 Å². The SMILES string of the molecule is Cc1cc(C)nc(Sc2ccc(NC(=O)c3nc(Cl)ccc3Cl)cc2)n1. The average molecular weight is 405 g/mol. The van der Waals surface area contributed by atoms with E-state index in [0.717, 1.165) is 16.3 Å². The van der Waals surface area contributed by atoms with Crippen LogP contribution in [0.5, 0.6) is 0 Å². The largest absolute Gasteiger partial charge is 0.321 e. The van der Waals surface area contributed by atoms with Gasteiger partial charge in [-0.2, -0.15) is 0 Å². The maximum absolute atomic E-state index is 12.3. The summed E-state index contributed by atoms with van der Waals surface area (Å²) < 4.78 is 0. The quantitative estimate of drug-likeness (QED) is 0.477. The fourth-order valence-electron chi connectivity index (χ4n) is 2.22. The van der Waals surface area contributed by atoms with Crippen LogP contribution < -0.4 is 5.32 Å². The highest BCUT2D eigenvalue weighted by Gasteiger charge is 2.13. The third-order valence-electron chi connectivity index (χ3n) is 3.31. The Labute approximate surface area is 165 Å². The van der Waals surface area contributed by atoms with E-state index in [9.17, 15) is 4.79 Å². The Bertz CT molecular complexity index is 944. The molecular formula is C18H14Cl2N4OS. The summed E-state index contributed by atoms with van der Waals surface area (Å²) in [4.78, 5) is 26.0. The van der Waals surface area contributed by atoms with Crippen molar-refractivity contribution in [3.63, 3.8) is 0 Å². The third-order valence-corrected chi connectivity index (χ3v) is 4.70. The molecule has 1 N–H and O–H groups in total. The van der Waals surface area contributed by atoms with Crippen LogP contribution in [0.1, 0.15) is 21.9 Å². The molecule has 0 fully saturated rings. The highest BCUT2D eigenvalue weighted by Crippen LogP contribution is 2.26. The van der Waals surface area contributed by atoms with Crippen LogP contribution in [0.2, 0.25) is 10.2 Å². The molecule has 0 saturated carbocycles. The van der Waals surface area contributed by atoms with Gasteiger partial charge in [0.05, 0.1) is 5.02 Å². The Kier molecular flexibility index (Phi) is 5.76. The van der Waals surface area contributed by atoms with E-state index in [2.05, 4.69) is 20.3 Å². The molecular weight excluding hydrogens is 391 g/mol. The topological polar surface area (TPSA) is 67.8 Å². The lowest BCUT2D eigenvalue weighted by atomic mass is 10.3. The van der Waals surface area contributed by atoms with E-state index >= 15 is 0 Å². The van der Waals surface area contributed by atoms with E-state index in [0.29, 0.717) is 10.8 Å². The van der Waals surface area contributed by atoms with Gasteiger partial charge in [-0.15, -0.1) is 0 Å². The fraction of sp³-hybridized carbons (Fsp3) is 0.111. The molecule has 1 amide bonds. The highest BCUT2D eigenvalue weighted by molar-refractivity contribution is 7.99. The van der Waals surface area contributed by atoms with Crippen molar-refractivity contribution < 1.29 is 4.79 Å². The second kappa shape index (κ2) is 8.03. The highest BCUT2D eigenvalue weighted by atomic mass is 35.5. The molecule has 0 radical (unpaired) electrons. The van der Waals surface area contributed by atoms with E-state index in [1.54, 1.807) is 12.1 Å². The summed E-state index contributed by atoms with van der Waals surface area (Å²) >= 11 is 13.3. The van der Waals surface area contributed by atoms with Gasteiger partial charge in [-0.1, -0.05) is 23.2 Å². The molecule has 0 bridgehead atoms. The molecule has 2 heterocycles. The maximum atomic E-state index is 12.3.